The molecule has 0 fully saturated rings. The quantitative estimate of drug-likeness (QED) is 0.789. The van der Waals surface area contributed by atoms with Crippen LogP contribution in [0, 0.1) is 20.8 Å². The van der Waals surface area contributed by atoms with Crippen molar-refractivity contribution in [1.29, 1.82) is 0 Å². The molecule has 2 rings (SSSR count). The van der Waals surface area contributed by atoms with Gasteiger partial charge in [-0.1, -0.05) is 22.9 Å². The van der Waals surface area contributed by atoms with E-state index in [-0.39, 0.29) is 30.3 Å². The molecule has 0 unspecified atom stereocenters. The predicted octanol–water partition coefficient (Wildman–Crippen LogP) is 1.58. The average molecular weight is 351 g/mol. The lowest BCUT2D eigenvalue weighted by Gasteiger charge is -2.10. The van der Waals surface area contributed by atoms with Crippen molar-refractivity contribution in [1.82, 2.24) is 15.2 Å². The highest BCUT2D eigenvalue weighted by Gasteiger charge is 2.16. The van der Waals surface area contributed by atoms with Crippen LogP contribution in [0.1, 0.15) is 29.0 Å². The van der Waals surface area contributed by atoms with E-state index in [1.54, 1.807) is 38.1 Å². The van der Waals surface area contributed by atoms with Gasteiger partial charge in [0, 0.05) is 19.0 Å². The van der Waals surface area contributed by atoms with Gasteiger partial charge in [0.05, 0.1) is 11.4 Å². The monoisotopic (exact) mass is 351 g/mol. The van der Waals surface area contributed by atoms with E-state index in [0.29, 0.717) is 17.0 Å². The highest BCUT2D eigenvalue weighted by atomic mass is 32.2. The third kappa shape index (κ3) is 4.90. The van der Waals surface area contributed by atoms with Crippen LogP contribution >= 0.6 is 0 Å². The number of rotatable bonds is 7. The molecular weight excluding hydrogens is 330 g/mol. The molecule has 2 aromatic rings. The Labute approximate surface area is 141 Å². The molecule has 0 spiro atoms. The smallest absolute Gasteiger partial charge is 0.240 e. The van der Waals surface area contributed by atoms with E-state index >= 15 is 0 Å². The van der Waals surface area contributed by atoms with Crippen molar-refractivity contribution in [3.05, 3.63) is 46.8 Å². The molecule has 0 radical (unpaired) electrons. The summed E-state index contributed by atoms with van der Waals surface area (Å²) < 4.78 is 31.9. The summed E-state index contributed by atoms with van der Waals surface area (Å²) in [6.07, 6.45) is 0.0426. The maximum atomic E-state index is 12.3. The zero-order chi connectivity index (χ0) is 17.7. The second kappa shape index (κ2) is 7.59. The number of nitrogens with one attached hydrogen (secondary N) is 2. The van der Waals surface area contributed by atoms with Gasteiger partial charge in [0.25, 0.3) is 0 Å². The summed E-state index contributed by atoms with van der Waals surface area (Å²) in [5, 5.41) is 6.42. The lowest BCUT2D eigenvalue weighted by Crippen LogP contribution is -2.31. The van der Waals surface area contributed by atoms with Crippen LogP contribution in [0.25, 0.3) is 0 Å². The summed E-state index contributed by atoms with van der Waals surface area (Å²) in [6.45, 7) is 5.69. The van der Waals surface area contributed by atoms with Crippen molar-refractivity contribution >= 4 is 15.9 Å². The van der Waals surface area contributed by atoms with Gasteiger partial charge < -0.3 is 9.84 Å². The van der Waals surface area contributed by atoms with Gasteiger partial charge in [0.15, 0.2) is 0 Å². The first-order chi connectivity index (χ1) is 11.3. The van der Waals surface area contributed by atoms with Crippen LogP contribution in [0.5, 0.6) is 0 Å². The maximum Gasteiger partial charge on any atom is 0.240 e. The second-order valence-corrected chi connectivity index (χ2v) is 7.36. The molecule has 130 valence electrons. The number of hydrogen-bond donors (Lipinski definition) is 2. The minimum Gasteiger partial charge on any atom is -0.361 e. The highest BCUT2D eigenvalue weighted by Crippen LogP contribution is 2.16. The Morgan fingerprint density at radius 2 is 1.96 bits per heavy atom. The van der Waals surface area contributed by atoms with Gasteiger partial charge in [-0.2, -0.15) is 0 Å². The van der Waals surface area contributed by atoms with Crippen LogP contribution < -0.4 is 10.0 Å². The lowest BCUT2D eigenvalue weighted by atomic mass is 10.2. The van der Waals surface area contributed by atoms with E-state index < -0.39 is 10.0 Å². The Hall–Kier alpha value is -2.19. The number of benzene rings is 1. The summed E-state index contributed by atoms with van der Waals surface area (Å²) >= 11 is 0. The van der Waals surface area contributed by atoms with Crippen LogP contribution in [-0.2, 0) is 21.4 Å². The van der Waals surface area contributed by atoms with Crippen molar-refractivity contribution in [2.75, 3.05) is 6.54 Å². The molecule has 0 aliphatic heterocycles. The first-order valence-electron chi connectivity index (χ1n) is 7.54. The molecule has 1 amide bonds. The minimum absolute atomic E-state index is 0.0271. The number of amides is 1. The van der Waals surface area contributed by atoms with Crippen LogP contribution in [0.3, 0.4) is 0 Å². The SMILES string of the molecule is Cc1ccc(S(=O)(=O)NCCC(=O)NCc2cc(C)on2)c(C)c1. The van der Waals surface area contributed by atoms with Crippen molar-refractivity contribution in [3.63, 3.8) is 0 Å². The van der Waals surface area contributed by atoms with E-state index in [1.807, 2.05) is 6.92 Å². The van der Waals surface area contributed by atoms with Gasteiger partial charge in [-0.15, -0.1) is 0 Å². The van der Waals surface area contributed by atoms with Crippen LogP contribution in [0.4, 0.5) is 0 Å². The molecule has 2 N–H and O–H groups in total. The fraction of sp³-hybridized carbons (Fsp3) is 0.375. The first kappa shape index (κ1) is 18.2. The number of sulfonamides is 1. The van der Waals surface area contributed by atoms with E-state index in [1.165, 1.54) is 0 Å². The summed E-state index contributed by atoms with van der Waals surface area (Å²) in [4.78, 5) is 12.0. The molecule has 24 heavy (non-hydrogen) atoms. The van der Waals surface area contributed by atoms with Crippen LogP contribution in [0.15, 0.2) is 33.7 Å². The van der Waals surface area contributed by atoms with E-state index in [4.69, 9.17) is 4.52 Å². The molecule has 0 saturated heterocycles. The number of carbonyl (C=O) groups excluding carboxylic acids is 1. The van der Waals surface area contributed by atoms with Gasteiger partial charge >= 0.3 is 0 Å². The Bertz CT molecular complexity index is 828. The Morgan fingerprint density at radius 1 is 1.21 bits per heavy atom. The van der Waals surface area contributed by atoms with Crippen molar-refractivity contribution < 1.29 is 17.7 Å². The van der Waals surface area contributed by atoms with Gasteiger partial charge in [0.1, 0.15) is 11.5 Å². The first-order valence-corrected chi connectivity index (χ1v) is 9.02. The lowest BCUT2D eigenvalue weighted by molar-refractivity contribution is -0.121. The van der Waals surface area contributed by atoms with Gasteiger partial charge in [-0.25, -0.2) is 13.1 Å². The number of carbonyl (C=O) groups is 1. The van der Waals surface area contributed by atoms with Crippen LogP contribution in [0.2, 0.25) is 0 Å². The maximum absolute atomic E-state index is 12.3. The molecule has 8 heteroatoms. The summed E-state index contributed by atoms with van der Waals surface area (Å²) in [7, 11) is -3.62. The molecule has 0 aliphatic carbocycles. The van der Waals surface area contributed by atoms with Crippen molar-refractivity contribution in [2.24, 2.45) is 0 Å². The fourth-order valence-corrected chi connectivity index (χ4v) is 3.51. The average Bonchev–Trinajstić information content (AvgIpc) is 2.90. The van der Waals surface area contributed by atoms with Gasteiger partial charge in [0.2, 0.25) is 15.9 Å². The number of aromatic nitrogens is 1. The van der Waals surface area contributed by atoms with Crippen LogP contribution in [-0.4, -0.2) is 26.0 Å². The topological polar surface area (TPSA) is 101 Å². The standard InChI is InChI=1S/C16H21N3O4S/c1-11-4-5-15(12(2)8-11)24(21,22)18-7-6-16(20)17-10-14-9-13(3)23-19-14/h4-5,8-9,18H,6-7,10H2,1-3H3,(H,17,20). The fourth-order valence-electron chi connectivity index (χ4n) is 2.26. The largest absolute Gasteiger partial charge is 0.361 e. The molecule has 0 aliphatic rings. The Morgan fingerprint density at radius 3 is 2.58 bits per heavy atom. The molecule has 0 saturated carbocycles. The molecule has 1 aromatic heterocycles. The molecule has 1 aromatic carbocycles. The van der Waals surface area contributed by atoms with E-state index in [9.17, 15) is 13.2 Å². The highest BCUT2D eigenvalue weighted by molar-refractivity contribution is 7.89. The Kier molecular flexibility index (Phi) is 5.74. The zero-order valence-electron chi connectivity index (χ0n) is 13.9. The van der Waals surface area contributed by atoms with Crippen molar-refractivity contribution in [2.45, 2.75) is 38.6 Å². The summed E-state index contributed by atoms with van der Waals surface area (Å²) in [5.41, 5.74) is 2.29. The summed E-state index contributed by atoms with van der Waals surface area (Å²) in [5.74, 6) is 0.402. The minimum atomic E-state index is -3.62. The van der Waals surface area contributed by atoms with E-state index in [0.717, 1.165) is 5.56 Å². The third-order valence-corrected chi connectivity index (χ3v) is 5.03. The third-order valence-electron chi connectivity index (χ3n) is 3.41. The van der Waals surface area contributed by atoms with Gasteiger partial charge in [-0.05, 0) is 32.4 Å². The molecule has 1 heterocycles. The Balaban J connectivity index is 1.83. The van der Waals surface area contributed by atoms with E-state index in [2.05, 4.69) is 15.2 Å². The zero-order valence-corrected chi connectivity index (χ0v) is 14.7. The number of aryl methyl sites for hydroxylation is 3. The van der Waals surface area contributed by atoms with Gasteiger partial charge in [-0.3, -0.25) is 4.79 Å². The molecule has 0 bridgehead atoms. The normalized spacial score (nSPS) is 11.5. The number of nitrogens with zero attached hydrogens (tertiary/aromatic N) is 1. The molecular formula is C16H21N3O4S. The second-order valence-electron chi connectivity index (χ2n) is 5.62. The predicted molar refractivity (Wildman–Crippen MR) is 88.8 cm³/mol. The molecule has 7 nitrogen and oxygen atoms in total. The molecule has 0 atom stereocenters. The summed E-state index contributed by atoms with van der Waals surface area (Å²) in [6, 6.07) is 6.85. The van der Waals surface area contributed by atoms with Crippen molar-refractivity contribution in [3.8, 4) is 0 Å². The number of hydrogen-bond acceptors (Lipinski definition) is 5.